The van der Waals surface area contributed by atoms with Crippen molar-refractivity contribution in [2.45, 2.75) is 10.9 Å². The van der Waals surface area contributed by atoms with Crippen LogP contribution >= 0.6 is 0 Å². The minimum absolute atomic E-state index is 0.00348. The Balaban J connectivity index is 1.80. The van der Waals surface area contributed by atoms with Gasteiger partial charge in [-0.25, -0.2) is 8.42 Å². The van der Waals surface area contributed by atoms with Crippen LogP contribution in [0.5, 0.6) is 5.75 Å². The molecule has 0 spiro atoms. The van der Waals surface area contributed by atoms with Crippen molar-refractivity contribution in [3.63, 3.8) is 0 Å². The van der Waals surface area contributed by atoms with E-state index in [0.29, 0.717) is 24.3 Å². The van der Waals surface area contributed by atoms with Crippen molar-refractivity contribution < 1.29 is 27.5 Å². The number of sulfonamides is 1. The second-order valence-electron chi connectivity index (χ2n) is 7.01. The molecular formula is C22H25N3O6S. The second kappa shape index (κ2) is 10.4. The molecule has 170 valence electrons. The van der Waals surface area contributed by atoms with E-state index in [9.17, 15) is 18.0 Å². The van der Waals surface area contributed by atoms with E-state index < -0.39 is 27.9 Å². The van der Waals surface area contributed by atoms with Gasteiger partial charge in [-0.15, -0.1) is 0 Å². The lowest BCUT2D eigenvalue weighted by Gasteiger charge is -2.26. The molecule has 1 saturated heterocycles. The van der Waals surface area contributed by atoms with Gasteiger partial charge in [-0.1, -0.05) is 36.4 Å². The molecule has 0 radical (unpaired) electrons. The van der Waals surface area contributed by atoms with E-state index in [1.165, 1.54) is 35.7 Å². The summed E-state index contributed by atoms with van der Waals surface area (Å²) in [6.07, 6.45) is 2.67. The maximum Gasteiger partial charge on any atom is 0.246 e. The van der Waals surface area contributed by atoms with Gasteiger partial charge in [-0.2, -0.15) is 4.31 Å². The Bertz CT molecular complexity index is 1100. The van der Waals surface area contributed by atoms with Gasteiger partial charge in [0.05, 0.1) is 20.3 Å². The molecule has 2 amide bonds. The van der Waals surface area contributed by atoms with Crippen molar-refractivity contribution in [2.75, 3.05) is 33.4 Å². The highest BCUT2D eigenvalue weighted by Crippen LogP contribution is 2.28. The van der Waals surface area contributed by atoms with Crippen molar-refractivity contribution in [3.8, 4) is 5.75 Å². The fourth-order valence-electron chi connectivity index (χ4n) is 3.25. The van der Waals surface area contributed by atoms with Crippen LogP contribution in [0, 0.1) is 0 Å². The van der Waals surface area contributed by atoms with Crippen molar-refractivity contribution in [1.82, 2.24) is 9.62 Å². The third kappa shape index (κ3) is 5.52. The van der Waals surface area contributed by atoms with Gasteiger partial charge in [0, 0.05) is 19.2 Å². The lowest BCUT2D eigenvalue weighted by atomic mass is 10.1. The Morgan fingerprint density at radius 3 is 2.47 bits per heavy atom. The predicted octanol–water partition coefficient (Wildman–Crippen LogP) is 1.07. The minimum Gasteiger partial charge on any atom is -0.495 e. The van der Waals surface area contributed by atoms with E-state index in [2.05, 4.69) is 5.32 Å². The van der Waals surface area contributed by atoms with E-state index in [1.807, 2.05) is 0 Å². The van der Waals surface area contributed by atoms with E-state index in [1.54, 1.807) is 36.4 Å². The number of carbonyl (C=O) groups excluding carboxylic acids is 2. The number of nitrogens with one attached hydrogen (secondary N) is 1. The topological polar surface area (TPSA) is 128 Å². The summed E-state index contributed by atoms with van der Waals surface area (Å²) >= 11 is 0. The average Bonchev–Trinajstić information content (AvgIpc) is 2.82. The zero-order chi connectivity index (χ0) is 23.1. The number of hydrogen-bond acceptors (Lipinski definition) is 6. The van der Waals surface area contributed by atoms with Crippen molar-refractivity contribution in [3.05, 3.63) is 65.7 Å². The molecule has 0 aliphatic carbocycles. The highest BCUT2D eigenvalue weighted by molar-refractivity contribution is 7.89. The minimum atomic E-state index is -3.80. The number of primary amides is 1. The van der Waals surface area contributed by atoms with Crippen LogP contribution in [-0.4, -0.2) is 58.0 Å². The lowest BCUT2D eigenvalue weighted by Crippen LogP contribution is -2.40. The number of nitrogens with two attached hydrogens (primary N) is 1. The summed E-state index contributed by atoms with van der Waals surface area (Å²) in [5.74, 6) is -1.04. The maximum absolute atomic E-state index is 13.1. The molecule has 10 heteroatoms. The number of hydrogen-bond donors (Lipinski definition) is 2. The normalized spacial score (nSPS) is 15.9. The molecule has 3 N–H and O–H groups in total. The summed E-state index contributed by atoms with van der Waals surface area (Å²) in [6, 6.07) is 12.2. The summed E-state index contributed by atoms with van der Waals surface area (Å²) in [7, 11) is -2.41. The van der Waals surface area contributed by atoms with Crippen LogP contribution in [0.1, 0.15) is 17.2 Å². The Morgan fingerprint density at radius 2 is 1.84 bits per heavy atom. The van der Waals surface area contributed by atoms with Gasteiger partial charge in [-0.3, -0.25) is 9.59 Å². The first kappa shape index (κ1) is 23.5. The zero-order valence-corrected chi connectivity index (χ0v) is 18.4. The van der Waals surface area contributed by atoms with Crippen LogP contribution in [-0.2, 0) is 24.3 Å². The van der Waals surface area contributed by atoms with E-state index in [-0.39, 0.29) is 23.7 Å². The van der Waals surface area contributed by atoms with E-state index in [0.717, 1.165) is 0 Å². The fraction of sp³-hybridized carbons (Fsp3) is 0.273. The molecule has 1 aliphatic rings. The first-order valence-electron chi connectivity index (χ1n) is 9.91. The number of rotatable bonds is 8. The van der Waals surface area contributed by atoms with Gasteiger partial charge in [0.1, 0.15) is 16.7 Å². The largest absolute Gasteiger partial charge is 0.495 e. The first-order chi connectivity index (χ1) is 15.3. The van der Waals surface area contributed by atoms with E-state index in [4.69, 9.17) is 15.2 Å². The molecule has 3 rings (SSSR count). The zero-order valence-electron chi connectivity index (χ0n) is 17.6. The standard InChI is InChI=1S/C22H25N3O6S/c1-30-18-9-7-16(15-19(18)32(28,29)25-11-13-31-14-12-25)8-10-20(26)24-21(22(23)27)17-5-3-2-4-6-17/h2-10,15,21H,11-14H2,1H3,(H2,23,27)(H,24,26)/b10-8+. The highest BCUT2D eigenvalue weighted by atomic mass is 32.2. The molecule has 1 heterocycles. The van der Waals surface area contributed by atoms with Crippen molar-refractivity contribution in [2.24, 2.45) is 5.73 Å². The number of benzene rings is 2. The van der Waals surface area contributed by atoms with Gasteiger partial charge < -0.3 is 20.5 Å². The molecule has 0 bridgehead atoms. The molecule has 1 fully saturated rings. The van der Waals surface area contributed by atoms with Gasteiger partial charge in [0.2, 0.25) is 21.8 Å². The van der Waals surface area contributed by atoms with Gasteiger partial charge in [0.25, 0.3) is 0 Å². The smallest absolute Gasteiger partial charge is 0.246 e. The summed E-state index contributed by atoms with van der Waals surface area (Å²) in [6.45, 7) is 1.15. The highest BCUT2D eigenvalue weighted by Gasteiger charge is 2.29. The predicted molar refractivity (Wildman–Crippen MR) is 118 cm³/mol. The van der Waals surface area contributed by atoms with Crippen LogP contribution in [0.4, 0.5) is 0 Å². The second-order valence-corrected chi connectivity index (χ2v) is 8.92. The quantitative estimate of drug-likeness (QED) is 0.569. The van der Waals surface area contributed by atoms with Gasteiger partial charge >= 0.3 is 0 Å². The summed E-state index contributed by atoms with van der Waals surface area (Å²) in [5.41, 5.74) is 6.46. The molecule has 32 heavy (non-hydrogen) atoms. The molecule has 1 atom stereocenters. The number of nitrogens with zero attached hydrogens (tertiary/aromatic N) is 1. The van der Waals surface area contributed by atoms with Crippen LogP contribution in [0.2, 0.25) is 0 Å². The van der Waals surface area contributed by atoms with Crippen molar-refractivity contribution >= 4 is 27.9 Å². The number of ether oxygens (including phenoxy) is 2. The third-order valence-electron chi connectivity index (χ3n) is 4.91. The van der Waals surface area contributed by atoms with Crippen LogP contribution in [0.25, 0.3) is 6.08 Å². The average molecular weight is 460 g/mol. The molecule has 0 saturated carbocycles. The molecule has 9 nitrogen and oxygen atoms in total. The number of methoxy groups -OCH3 is 1. The van der Waals surface area contributed by atoms with Gasteiger partial charge in [0.15, 0.2) is 0 Å². The number of carbonyl (C=O) groups is 2. The molecule has 1 unspecified atom stereocenters. The summed E-state index contributed by atoms with van der Waals surface area (Å²) in [5, 5.41) is 2.56. The monoisotopic (exact) mass is 459 g/mol. The van der Waals surface area contributed by atoms with Crippen molar-refractivity contribution in [1.29, 1.82) is 0 Å². The number of morpholine rings is 1. The van der Waals surface area contributed by atoms with Gasteiger partial charge in [-0.05, 0) is 29.3 Å². The fourth-order valence-corrected chi connectivity index (χ4v) is 4.85. The summed E-state index contributed by atoms with van der Waals surface area (Å²) in [4.78, 5) is 24.2. The van der Waals surface area contributed by atoms with Crippen LogP contribution in [0.3, 0.4) is 0 Å². The summed E-state index contributed by atoms with van der Waals surface area (Å²) < 4.78 is 37.9. The van der Waals surface area contributed by atoms with E-state index >= 15 is 0 Å². The third-order valence-corrected chi connectivity index (χ3v) is 6.83. The van der Waals surface area contributed by atoms with Crippen LogP contribution < -0.4 is 15.8 Å². The molecule has 1 aliphatic heterocycles. The Hall–Kier alpha value is -3.21. The maximum atomic E-state index is 13.1. The lowest BCUT2D eigenvalue weighted by molar-refractivity contribution is -0.125. The molecular weight excluding hydrogens is 434 g/mol. The molecule has 2 aromatic rings. The molecule has 0 aromatic heterocycles. The SMILES string of the molecule is COc1ccc(/C=C/C(=O)NC(C(N)=O)c2ccccc2)cc1S(=O)(=O)N1CCOCC1. The first-order valence-corrected chi connectivity index (χ1v) is 11.4. The molecule has 2 aromatic carbocycles. The number of amides is 2. The Kier molecular flexibility index (Phi) is 7.62. The Labute approximate surface area is 186 Å². The van der Waals surface area contributed by atoms with Crippen LogP contribution in [0.15, 0.2) is 59.5 Å². The Morgan fingerprint density at radius 1 is 1.16 bits per heavy atom.